The monoisotopic (exact) mass is 640 g/mol. The first-order valence-corrected chi connectivity index (χ1v) is 16.8. The Balaban J connectivity index is 1.14. The van der Waals surface area contributed by atoms with Crippen molar-refractivity contribution in [2.45, 2.75) is 6.42 Å². The maximum atomic E-state index is 9.10. The summed E-state index contributed by atoms with van der Waals surface area (Å²) in [6.07, 6.45) is 0.473. The Bertz CT molecular complexity index is 2860. The van der Waals surface area contributed by atoms with Gasteiger partial charge in [0, 0.05) is 28.3 Å². The maximum Gasteiger partial charge on any atom is 0.163 e. The van der Waals surface area contributed by atoms with Crippen molar-refractivity contribution < 1.29 is 5.79 Å². The molecule has 0 atom stereocenters. The molecule has 0 saturated carbocycles. The van der Waals surface area contributed by atoms with Crippen molar-refractivity contribution in [1.29, 1.82) is 0 Å². The molecule has 2 aromatic heterocycles. The molecule has 0 saturated heterocycles. The smallest absolute Gasteiger partial charge is 0.163 e. The van der Waals surface area contributed by atoms with E-state index in [0.717, 1.165) is 44.2 Å². The molecular weight excluding hydrogens is 611 g/mol. The number of hydrogen-bond donors (Lipinski definition) is 0. The molecule has 10 rings (SSSR count). The van der Waals surface area contributed by atoms with Gasteiger partial charge >= 0.3 is 0 Å². The summed E-state index contributed by atoms with van der Waals surface area (Å²) in [6, 6.07) is 54.5. The number of aromatic nitrogens is 3. The highest BCUT2D eigenvalue weighted by atomic mass is 16.3. The van der Waals surface area contributed by atoms with Crippen LogP contribution < -0.4 is 0 Å². The van der Waals surface area contributed by atoms with Crippen LogP contribution in [-0.4, -0.2) is 15.0 Å². The highest BCUT2D eigenvalue weighted by Crippen LogP contribution is 2.39. The first kappa shape index (κ1) is 27.3. The molecule has 0 aliphatic carbocycles. The summed E-state index contributed by atoms with van der Waals surface area (Å²) in [6.45, 7) is 0. The van der Waals surface area contributed by atoms with Crippen LogP contribution in [-0.2, 0) is 6.42 Å². The average Bonchev–Trinajstić information content (AvgIpc) is 3.59. The predicted molar refractivity (Wildman–Crippen MR) is 205 cm³/mol. The summed E-state index contributed by atoms with van der Waals surface area (Å²) in [5.74, 6) is 1.94. The minimum Gasteiger partial charge on any atom is -0.456 e. The standard InChI is InChI=1S/C46H29N3O/c1-3-12-29(13-4-1)45-47-43(48-46(49-45)30-14-5-2-6-15-30)28-33-16-11-21-42-44(33)40-27-32(23-25-41(40)50-42)31-22-24-38-36-19-8-7-17-34(36)35-18-9-10-20-37(35)39(38)26-31/h1-27H,28H2/i25D. The Labute approximate surface area is 289 Å². The van der Waals surface area contributed by atoms with E-state index in [2.05, 4.69) is 78.9 Å². The van der Waals surface area contributed by atoms with E-state index >= 15 is 0 Å². The molecule has 2 heterocycles. The lowest BCUT2D eigenvalue weighted by atomic mass is 9.92. The molecule has 0 amide bonds. The van der Waals surface area contributed by atoms with Gasteiger partial charge in [0.2, 0.25) is 0 Å². The van der Waals surface area contributed by atoms with E-state index in [1.54, 1.807) is 0 Å². The normalized spacial score (nSPS) is 12.0. The summed E-state index contributed by atoms with van der Waals surface area (Å²) in [4.78, 5) is 14.8. The van der Waals surface area contributed by atoms with Gasteiger partial charge < -0.3 is 4.42 Å². The molecule has 0 radical (unpaired) electrons. The van der Waals surface area contributed by atoms with E-state index in [4.69, 9.17) is 20.7 Å². The first-order chi connectivity index (χ1) is 25.2. The Hall–Kier alpha value is -6.65. The highest BCUT2D eigenvalue weighted by Gasteiger charge is 2.17. The molecule has 234 valence electrons. The number of nitrogens with zero attached hydrogens (tertiary/aromatic N) is 3. The van der Waals surface area contributed by atoms with Crippen LogP contribution in [0.5, 0.6) is 0 Å². The van der Waals surface area contributed by atoms with Gasteiger partial charge in [-0.1, -0.05) is 140 Å². The van der Waals surface area contributed by atoms with E-state index in [1.807, 2.05) is 78.9 Å². The van der Waals surface area contributed by atoms with Crippen molar-refractivity contribution in [2.24, 2.45) is 0 Å². The molecule has 50 heavy (non-hydrogen) atoms. The van der Waals surface area contributed by atoms with Crippen LogP contribution in [0.4, 0.5) is 0 Å². The maximum absolute atomic E-state index is 9.10. The van der Waals surface area contributed by atoms with Gasteiger partial charge in [0.15, 0.2) is 11.6 Å². The largest absolute Gasteiger partial charge is 0.456 e. The van der Waals surface area contributed by atoms with Crippen LogP contribution >= 0.6 is 0 Å². The lowest BCUT2D eigenvalue weighted by molar-refractivity contribution is 0.668. The molecule has 0 aliphatic heterocycles. The topological polar surface area (TPSA) is 51.8 Å². The zero-order valence-electron chi connectivity index (χ0n) is 28.0. The average molecular weight is 641 g/mol. The van der Waals surface area contributed by atoms with Crippen LogP contribution in [0.25, 0.3) is 88.2 Å². The van der Waals surface area contributed by atoms with E-state index in [9.17, 15) is 0 Å². The minimum atomic E-state index is 0.353. The summed E-state index contributed by atoms with van der Waals surface area (Å²) in [5.41, 5.74) is 6.25. The first-order valence-electron chi connectivity index (χ1n) is 17.3. The zero-order valence-corrected chi connectivity index (χ0v) is 27.0. The molecule has 0 spiro atoms. The lowest BCUT2D eigenvalue weighted by Crippen LogP contribution is -2.04. The van der Waals surface area contributed by atoms with Gasteiger partial charge in [0.1, 0.15) is 17.0 Å². The molecule has 8 aromatic carbocycles. The van der Waals surface area contributed by atoms with Crippen LogP contribution in [0.1, 0.15) is 12.8 Å². The predicted octanol–water partition coefficient (Wildman–Crippen LogP) is 11.8. The molecule has 4 nitrogen and oxygen atoms in total. The van der Waals surface area contributed by atoms with Gasteiger partial charge in [-0.25, -0.2) is 15.0 Å². The molecule has 0 N–H and O–H groups in total. The van der Waals surface area contributed by atoms with Gasteiger partial charge in [-0.2, -0.15) is 0 Å². The summed E-state index contributed by atoms with van der Waals surface area (Å²) < 4.78 is 15.5. The Morgan fingerprint density at radius 3 is 1.60 bits per heavy atom. The summed E-state index contributed by atoms with van der Waals surface area (Å²) in [7, 11) is 0. The lowest BCUT2D eigenvalue weighted by Gasteiger charge is -2.12. The van der Waals surface area contributed by atoms with Crippen LogP contribution in [0.3, 0.4) is 0 Å². The van der Waals surface area contributed by atoms with E-state index < -0.39 is 0 Å². The molecule has 4 heteroatoms. The summed E-state index contributed by atoms with van der Waals surface area (Å²) in [5, 5.41) is 9.26. The van der Waals surface area contributed by atoms with Crippen molar-refractivity contribution in [2.75, 3.05) is 0 Å². The number of fused-ring (bicyclic) bond motifs is 9. The minimum absolute atomic E-state index is 0.353. The fourth-order valence-electron chi connectivity index (χ4n) is 7.33. The van der Waals surface area contributed by atoms with Crippen molar-refractivity contribution in [3.05, 3.63) is 175 Å². The second-order valence-corrected chi connectivity index (χ2v) is 12.7. The van der Waals surface area contributed by atoms with Crippen LogP contribution in [0.15, 0.2) is 168 Å². The van der Waals surface area contributed by atoms with Gasteiger partial charge in [0.05, 0.1) is 1.37 Å². The molecule has 10 aromatic rings. The van der Waals surface area contributed by atoms with Gasteiger partial charge in [-0.3, -0.25) is 0 Å². The highest BCUT2D eigenvalue weighted by molar-refractivity contribution is 6.25. The van der Waals surface area contributed by atoms with Gasteiger partial charge in [-0.15, -0.1) is 0 Å². The fraction of sp³-hybridized carbons (Fsp3) is 0.0217. The molecular formula is C46H29N3O. The van der Waals surface area contributed by atoms with Crippen LogP contribution in [0.2, 0.25) is 0 Å². The third kappa shape index (κ3) is 4.73. The van der Waals surface area contributed by atoms with Crippen molar-refractivity contribution in [1.82, 2.24) is 15.0 Å². The molecule has 0 aliphatic rings. The summed E-state index contributed by atoms with van der Waals surface area (Å²) >= 11 is 0. The zero-order chi connectivity index (χ0) is 33.9. The number of benzene rings is 8. The number of rotatable bonds is 5. The second kappa shape index (κ2) is 11.5. The molecule has 0 fully saturated rings. The Morgan fingerprint density at radius 1 is 0.420 bits per heavy atom. The van der Waals surface area contributed by atoms with Crippen molar-refractivity contribution in [3.8, 4) is 33.9 Å². The third-order valence-electron chi connectivity index (χ3n) is 9.67. The van der Waals surface area contributed by atoms with E-state index in [1.165, 1.54) is 32.3 Å². The fourth-order valence-corrected chi connectivity index (χ4v) is 7.33. The van der Waals surface area contributed by atoms with Gasteiger partial charge in [-0.05, 0) is 73.2 Å². The van der Waals surface area contributed by atoms with Crippen molar-refractivity contribution in [3.63, 3.8) is 0 Å². The Kier molecular flexibility index (Phi) is 6.28. The number of furan rings is 1. The van der Waals surface area contributed by atoms with Gasteiger partial charge in [0.25, 0.3) is 0 Å². The second-order valence-electron chi connectivity index (χ2n) is 12.7. The molecule has 0 unspecified atom stereocenters. The quantitative estimate of drug-likeness (QED) is 0.176. The Morgan fingerprint density at radius 2 is 0.960 bits per heavy atom. The van der Waals surface area contributed by atoms with E-state index in [0.29, 0.717) is 35.5 Å². The SMILES string of the molecule is [2H]c1cc(-c2ccc3c4ccccc4c4ccccc4c3c2)cc2c1oc1cccc(Cc3nc(-c4ccccc4)nc(-c4ccccc4)n3)c12. The number of hydrogen-bond acceptors (Lipinski definition) is 4. The van der Waals surface area contributed by atoms with E-state index in [-0.39, 0.29) is 0 Å². The van der Waals surface area contributed by atoms with Crippen molar-refractivity contribution >= 4 is 54.3 Å². The van der Waals surface area contributed by atoms with Crippen LogP contribution in [0, 0.1) is 0 Å². The third-order valence-corrected chi connectivity index (χ3v) is 9.67. The molecule has 0 bridgehead atoms.